The van der Waals surface area contributed by atoms with E-state index in [1.807, 2.05) is 7.05 Å². The molecule has 4 heteroatoms. The lowest BCUT2D eigenvalue weighted by Crippen LogP contribution is -2.52. The van der Waals surface area contributed by atoms with Crippen LogP contribution in [-0.2, 0) is 4.79 Å². The highest BCUT2D eigenvalue weighted by Gasteiger charge is 2.35. The van der Waals surface area contributed by atoms with E-state index >= 15 is 0 Å². The summed E-state index contributed by atoms with van der Waals surface area (Å²) >= 11 is 0. The topological polar surface area (TPSA) is 35.6 Å². The zero-order chi connectivity index (χ0) is 14.6. The van der Waals surface area contributed by atoms with Gasteiger partial charge in [0.1, 0.15) is 0 Å². The average molecular weight is 281 g/mol. The highest BCUT2D eigenvalue weighted by molar-refractivity contribution is 5.77. The van der Waals surface area contributed by atoms with Gasteiger partial charge in [-0.25, -0.2) is 0 Å². The molecule has 1 aliphatic heterocycles. The van der Waals surface area contributed by atoms with Crippen LogP contribution in [0.3, 0.4) is 0 Å². The van der Waals surface area contributed by atoms with E-state index in [1.165, 1.54) is 25.7 Å². The number of carbonyl (C=O) groups excluding carboxylic acids is 1. The summed E-state index contributed by atoms with van der Waals surface area (Å²) in [5.41, 5.74) is 0.0698. The van der Waals surface area contributed by atoms with Gasteiger partial charge in [0.15, 0.2) is 0 Å². The van der Waals surface area contributed by atoms with Crippen molar-refractivity contribution in [1.29, 1.82) is 0 Å². The van der Waals surface area contributed by atoms with E-state index in [0.717, 1.165) is 32.4 Å². The zero-order valence-corrected chi connectivity index (χ0v) is 13.5. The van der Waals surface area contributed by atoms with Crippen molar-refractivity contribution in [3.63, 3.8) is 0 Å². The van der Waals surface area contributed by atoms with E-state index in [2.05, 4.69) is 29.2 Å². The van der Waals surface area contributed by atoms with Crippen molar-refractivity contribution in [2.24, 2.45) is 0 Å². The first-order valence-corrected chi connectivity index (χ1v) is 8.19. The second kappa shape index (κ2) is 6.90. The molecular formula is C16H31N3O. The Bertz CT molecular complexity index is 324. The van der Waals surface area contributed by atoms with E-state index in [0.29, 0.717) is 18.4 Å². The van der Waals surface area contributed by atoms with Crippen molar-refractivity contribution in [3.05, 3.63) is 0 Å². The van der Waals surface area contributed by atoms with Crippen molar-refractivity contribution >= 4 is 5.91 Å². The quantitative estimate of drug-likeness (QED) is 0.854. The van der Waals surface area contributed by atoms with Gasteiger partial charge < -0.3 is 15.1 Å². The summed E-state index contributed by atoms with van der Waals surface area (Å²) in [4.78, 5) is 17.0. The number of hydrogen-bond donors (Lipinski definition) is 1. The standard InChI is InChI=1S/C16H31N3O/c1-17-16(9-5-4-6-10-16)12-15(20)19-11-7-8-14(13-19)18(2)3/h14,17H,4-13H2,1-3H3. The Labute approximate surface area is 123 Å². The summed E-state index contributed by atoms with van der Waals surface area (Å²) in [5.74, 6) is 0.354. The predicted octanol–water partition coefficient (Wildman–Crippen LogP) is 1.85. The van der Waals surface area contributed by atoms with Gasteiger partial charge in [0.2, 0.25) is 5.91 Å². The molecule has 0 aromatic heterocycles. The lowest BCUT2D eigenvalue weighted by molar-refractivity contribution is -0.135. The average Bonchev–Trinajstić information content (AvgIpc) is 2.48. The van der Waals surface area contributed by atoms with Crippen LogP contribution in [0.1, 0.15) is 51.4 Å². The highest BCUT2D eigenvalue weighted by atomic mass is 16.2. The second-order valence-corrected chi connectivity index (χ2v) is 6.87. The summed E-state index contributed by atoms with van der Waals surface area (Å²) in [5, 5.41) is 3.46. The van der Waals surface area contributed by atoms with Gasteiger partial charge in [-0.05, 0) is 46.8 Å². The van der Waals surface area contributed by atoms with E-state index in [-0.39, 0.29) is 5.54 Å². The van der Waals surface area contributed by atoms with Gasteiger partial charge in [-0.3, -0.25) is 4.79 Å². The van der Waals surface area contributed by atoms with E-state index in [9.17, 15) is 4.79 Å². The van der Waals surface area contributed by atoms with Gasteiger partial charge in [-0.1, -0.05) is 19.3 Å². The number of carbonyl (C=O) groups is 1. The van der Waals surface area contributed by atoms with Crippen molar-refractivity contribution in [2.75, 3.05) is 34.2 Å². The fourth-order valence-electron chi connectivity index (χ4n) is 3.75. The van der Waals surface area contributed by atoms with Crippen LogP contribution >= 0.6 is 0 Å². The number of nitrogens with zero attached hydrogens (tertiary/aromatic N) is 2. The molecule has 2 rings (SSSR count). The van der Waals surface area contributed by atoms with E-state index in [1.54, 1.807) is 0 Å². The van der Waals surface area contributed by atoms with Gasteiger partial charge in [0.05, 0.1) is 0 Å². The van der Waals surface area contributed by atoms with Crippen LogP contribution < -0.4 is 5.32 Å². The molecule has 1 saturated carbocycles. The van der Waals surface area contributed by atoms with Gasteiger partial charge in [0.25, 0.3) is 0 Å². The summed E-state index contributed by atoms with van der Waals surface area (Å²) in [6.45, 7) is 1.86. The van der Waals surface area contributed by atoms with Crippen LogP contribution in [0.2, 0.25) is 0 Å². The van der Waals surface area contributed by atoms with Crippen molar-refractivity contribution in [1.82, 2.24) is 15.1 Å². The maximum atomic E-state index is 12.7. The maximum absolute atomic E-state index is 12.7. The number of hydrogen-bond acceptors (Lipinski definition) is 3. The number of piperidine rings is 1. The molecule has 1 saturated heterocycles. The van der Waals surface area contributed by atoms with Crippen LogP contribution in [0.15, 0.2) is 0 Å². The van der Waals surface area contributed by atoms with Crippen LogP contribution in [0.4, 0.5) is 0 Å². The Hall–Kier alpha value is -0.610. The molecule has 2 aliphatic rings. The molecule has 1 amide bonds. The molecule has 1 N–H and O–H groups in total. The Morgan fingerprint density at radius 2 is 1.95 bits per heavy atom. The number of nitrogens with one attached hydrogen (secondary N) is 1. The van der Waals surface area contributed by atoms with E-state index in [4.69, 9.17) is 0 Å². The summed E-state index contributed by atoms with van der Waals surface area (Å²) in [6, 6.07) is 0.532. The molecule has 0 spiro atoms. The SMILES string of the molecule is CNC1(CC(=O)N2CCCC(N(C)C)C2)CCCCC1. The third kappa shape index (κ3) is 3.73. The Morgan fingerprint density at radius 1 is 1.25 bits per heavy atom. The minimum absolute atomic E-state index is 0.0698. The Morgan fingerprint density at radius 3 is 2.55 bits per heavy atom. The molecule has 116 valence electrons. The van der Waals surface area contributed by atoms with Gasteiger partial charge in [0, 0.05) is 31.1 Å². The molecule has 1 aliphatic carbocycles. The summed E-state index contributed by atoms with van der Waals surface area (Å²) in [6.07, 6.45) is 9.19. The number of likely N-dealkylation sites (N-methyl/N-ethyl adjacent to an activating group) is 1. The molecular weight excluding hydrogens is 250 g/mol. The molecule has 0 radical (unpaired) electrons. The Kier molecular flexibility index (Phi) is 5.44. The first-order valence-electron chi connectivity index (χ1n) is 8.19. The van der Waals surface area contributed by atoms with Gasteiger partial charge in [-0.2, -0.15) is 0 Å². The maximum Gasteiger partial charge on any atom is 0.224 e. The molecule has 1 heterocycles. The molecule has 1 atom stereocenters. The van der Waals surface area contributed by atoms with Crippen LogP contribution in [0.5, 0.6) is 0 Å². The van der Waals surface area contributed by atoms with Gasteiger partial charge >= 0.3 is 0 Å². The predicted molar refractivity (Wildman–Crippen MR) is 82.8 cm³/mol. The second-order valence-electron chi connectivity index (χ2n) is 6.87. The minimum atomic E-state index is 0.0698. The van der Waals surface area contributed by atoms with E-state index < -0.39 is 0 Å². The molecule has 1 unspecified atom stereocenters. The Balaban J connectivity index is 1.93. The third-order valence-corrected chi connectivity index (χ3v) is 5.31. The van der Waals surface area contributed by atoms with Crippen molar-refractivity contribution in [3.8, 4) is 0 Å². The zero-order valence-electron chi connectivity index (χ0n) is 13.5. The first-order chi connectivity index (χ1) is 9.56. The smallest absolute Gasteiger partial charge is 0.224 e. The van der Waals surface area contributed by atoms with Crippen molar-refractivity contribution < 1.29 is 4.79 Å². The minimum Gasteiger partial charge on any atom is -0.341 e. The first kappa shape index (κ1) is 15.8. The van der Waals surface area contributed by atoms with Crippen molar-refractivity contribution in [2.45, 2.75) is 62.9 Å². The summed E-state index contributed by atoms with van der Waals surface area (Å²) < 4.78 is 0. The molecule has 0 aromatic carbocycles. The lowest BCUT2D eigenvalue weighted by Gasteiger charge is -2.41. The number of amides is 1. The lowest BCUT2D eigenvalue weighted by atomic mass is 9.79. The van der Waals surface area contributed by atoms with Crippen LogP contribution in [-0.4, -0.2) is 61.5 Å². The fraction of sp³-hybridized carbons (Fsp3) is 0.938. The largest absolute Gasteiger partial charge is 0.341 e. The molecule has 4 nitrogen and oxygen atoms in total. The van der Waals surface area contributed by atoms with Crippen LogP contribution in [0, 0.1) is 0 Å². The molecule has 0 bridgehead atoms. The molecule has 20 heavy (non-hydrogen) atoms. The highest BCUT2D eigenvalue weighted by Crippen LogP contribution is 2.31. The van der Waals surface area contributed by atoms with Gasteiger partial charge in [-0.15, -0.1) is 0 Å². The fourth-order valence-corrected chi connectivity index (χ4v) is 3.75. The third-order valence-electron chi connectivity index (χ3n) is 5.31. The normalized spacial score (nSPS) is 26.8. The molecule has 0 aromatic rings. The summed E-state index contributed by atoms with van der Waals surface area (Å²) in [7, 11) is 6.27. The monoisotopic (exact) mass is 281 g/mol. The number of likely N-dealkylation sites (tertiary alicyclic amines) is 1. The van der Waals surface area contributed by atoms with Crippen LogP contribution in [0.25, 0.3) is 0 Å². The number of rotatable bonds is 4. The molecule has 2 fully saturated rings.